The summed E-state index contributed by atoms with van der Waals surface area (Å²) in [5.41, 5.74) is 2.55. The summed E-state index contributed by atoms with van der Waals surface area (Å²) in [5, 5.41) is 3.15. The van der Waals surface area contributed by atoms with Gasteiger partial charge in [0.05, 0.1) is 0 Å². The Kier molecular flexibility index (Phi) is 5.07. The van der Waals surface area contributed by atoms with Crippen molar-refractivity contribution in [2.75, 3.05) is 32.7 Å². The molecule has 1 N–H and O–H groups in total. The second-order valence-electron chi connectivity index (χ2n) is 8.85. The molecule has 3 fully saturated rings. The summed E-state index contributed by atoms with van der Waals surface area (Å²) in [6.07, 6.45) is 4.64. The normalized spacial score (nSPS) is 24.2. The third-order valence-corrected chi connectivity index (χ3v) is 6.61. The summed E-state index contributed by atoms with van der Waals surface area (Å²) in [7, 11) is 0. The van der Waals surface area contributed by atoms with Gasteiger partial charge in [-0.15, -0.1) is 0 Å². The Bertz CT molecular complexity index is 627. The summed E-state index contributed by atoms with van der Waals surface area (Å²) in [6.45, 7) is 10.5. The largest absolute Gasteiger partial charge is 0.353 e. The Balaban J connectivity index is 1.38. The number of hydrogen-bond donors (Lipinski definition) is 1. The molecule has 26 heavy (non-hydrogen) atoms. The predicted molar refractivity (Wildman–Crippen MR) is 105 cm³/mol. The molecule has 1 aromatic carbocycles. The fraction of sp³-hybridized carbons (Fsp3) is 0.682. The molecule has 1 amide bonds. The van der Waals surface area contributed by atoms with Crippen LogP contribution < -0.4 is 5.32 Å². The van der Waals surface area contributed by atoms with E-state index in [1.165, 1.54) is 24.0 Å². The van der Waals surface area contributed by atoms with E-state index >= 15 is 0 Å². The topological polar surface area (TPSA) is 35.6 Å². The number of nitrogens with one attached hydrogen (secondary N) is 1. The van der Waals surface area contributed by atoms with Crippen molar-refractivity contribution in [1.29, 1.82) is 0 Å². The van der Waals surface area contributed by atoms with E-state index in [1.807, 2.05) is 0 Å². The van der Waals surface area contributed by atoms with Crippen LogP contribution in [0.25, 0.3) is 0 Å². The van der Waals surface area contributed by atoms with Crippen molar-refractivity contribution >= 4 is 5.91 Å². The first-order valence-electron chi connectivity index (χ1n) is 10.4. The Labute approximate surface area is 157 Å². The summed E-state index contributed by atoms with van der Waals surface area (Å²) in [5.74, 6) is 1.71. The number of rotatable bonds is 5. The van der Waals surface area contributed by atoms with Crippen LogP contribution in [0.3, 0.4) is 0 Å². The molecule has 0 atom stereocenters. The molecule has 3 aliphatic rings. The summed E-state index contributed by atoms with van der Waals surface area (Å²) in [4.78, 5) is 17.8. The van der Waals surface area contributed by atoms with Gasteiger partial charge in [0.15, 0.2) is 0 Å². The van der Waals surface area contributed by atoms with Gasteiger partial charge >= 0.3 is 0 Å². The van der Waals surface area contributed by atoms with Gasteiger partial charge in [0, 0.05) is 39.3 Å². The highest BCUT2D eigenvalue weighted by molar-refractivity contribution is 5.87. The van der Waals surface area contributed by atoms with Crippen LogP contribution in [0.1, 0.15) is 56.6 Å². The van der Waals surface area contributed by atoms with Crippen LogP contribution in [0.5, 0.6) is 0 Å². The number of benzene rings is 1. The standard InChI is InChI=1S/C22H33N3O/c1-17(2)20-7-5-18(6-8-20)15-24-12-9-22(10-13-24)21(26)23-11-14-25(22)16-19-3-4-19/h5-8,17,19H,3-4,9-16H2,1-2H3,(H,23,26). The van der Waals surface area contributed by atoms with Gasteiger partial charge in [0.25, 0.3) is 0 Å². The fourth-order valence-electron chi connectivity index (χ4n) is 4.60. The van der Waals surface area contributed by atoms with E-state index in [0.29, 0.717) is 5.92 Å². The highest BCUT2D eigenvalue weighted by Gasteiger charge is 2.48. The highest BCUT2D eigenvalue weighted by Crippen LogP contribution is 2.37. The maximum Gasteiger partial charge on any atom is 0.240 e. The number of amides is 1. The van der Waals surface area contributed by atoms with Gasteiger partial charge in [-0.2, -0.15) is 0 Å². The SMILES string of the molecule is CC(C)c1ccc(CN2CCC3(CC2)C(=O)NCCN3CC2CC2)cc1. The molecule has 0 aromatic heterocycles. The molecule has 0 bridgehead atoms. The van der Waals surface area contributed by atoms with Gasteiger partial charge in [-0.25, -0.2) is 0 Å². The van der Waals surface area contributed by atoms with E-state index in [1.54, 1.807) is 0 Å². The number of carbonyl (C=O) groups excluding carboxylic acids is 1. The average Bonchev–Trinajstić information content (AvgIpc) is 3.45. The third kappa shape index (κ3) is 3.67. The Hall–Kier alpha value is -1.39. The zero-order valence-electron chi connectivity index (χ0n) is 16.3. The first-order valence-corrected chi connectivity index (χ1v) is 10.4. The minimum atomic E-state index is -0.237. The van der Waals surface area contributed by atoms with Crippen molar-refractivity contribution in [1.82, 2.24) is 15.1 Å². The molecule has 1 spiro atoms. The lowest BCUT2D eigenvalue weighted by Crippen LogP contribution is -2.68. The van der Waals surface area contributed by atoms with Gasteiger partial charge in [-0.3, -0.25) is 14.6 Å². The minimum absolute atomic E-state index is 0.237. The summed E-state index contributed by atoms with van der Waals surface area (Å²) in [6, 6.07) is 9.06. The van der Waals surface area contributed by atoms with Crippen molar-refractivity contribution in [2.45, 2.75) is 57.5 Å². The molecule has 2 saturated heterocycles. The molecule has 1 saturated carbocycles. The monoisotopic (exact) mass is 355 g/mol. The van der Waals surface area contributed by atoms with Crippen molar-refractivity contribution in [3.63, 3.8) is 0 Å². The van der Waals surface area contributed by atoms with E-state index in [-0.39, 0.29) is 11.4 Å². The molecule has 0 radical (unpaired) electrons. The maximum absolute atomic E-state index is 12.8. The molecule has 1 aliphatic carbocycles. The van der Waals surface area contributed by atoms with Crippen LogP contribution in [0.2, 0.25) is 0 Å². The summed E-state index contributed by atoms with van der Waals surface area (Å²) >= 11 is 0. The minimum Gasteiger partial charge on any atom is -0.353 e. The fourth-order valence-corrected chi connectivity index (χ4v) is 4.60. The number of piperazine rings is 1. The molecule has 2 heterocycles. The van der Waals surface area contributed by atoms with E-state index in [9.17, 15) is 4.79 Å². The smallest absolute Gasteiger partial charge is 0.240 e. The number of hydrogen-bond acceptors (Lipinski definition) is 3. The third-order valence-electron chi connectivity index (χ3n) is 6.61. The molecular weight excluding hydrogens is 322 g/mol. The predicted octanol–water partition coefficient (Wildman–Crippen LogP) is 2.99. The van der Waals surface area contributed by atoms with Gasteiger partial charge in [-0.1, -0.05) is 38.1 Å². The van der Waals surface area contributed by atoms with Gasteiger partial charge in [0.1, 0.15) is 5.54 Å². The molecule has 4 rings (SSSR count). The number of nitrogens with zero attached hydrogens (tertiary/aromatic N) is 2. The number of piperidine rings is 1. The van der Waals surface area contributed by atoms with Crippen LogP contribution in [-0.2, 0) is 11.3 Å². The zero-order valence-corrected chi connectivity index (χ0v) is 16.3. The molecule has 0 unspecified atom stereocenters. The van der Waals surface area contributed by atoms with Gasteiger partial charge < -0.3 is 5.32 Å². The summed E-state index contributed by atoms with van der Waals surface area (Å²) < 4.78 is 0. The van der Waals surface area contributed by atoms with Gasteiger partial charge in [-0.05, 0) is 48.6 Å². The van der Waals surface area contributed by atoms with Crippen molar-refractivity contribution in [3.8, 4) is 0 Å². The molecule has 142 valence electrons. The van der Waals surface area contributed by atoms with Crippen LogP contribution in [0.15, 0.2) is 24.3 Å². The van der Waals surface area contributed by atoms with Crippen LogP contribution in [0, 0.1) is 5.92 Å². The van der Waals surface area contributed by atoms with Crippen LogP contribution in [-0.4, -0.2) is 54.0 Å². The lowest BCUT2D eigenvalue weighted by molar-refractivity contribution is -0.141. The highest BCUT2D eigenvalue weighted by atomic mass is 16.2. The molecule has 1 aromatic rings. The van der Waals surface area contributed by atoms with Crippen molar-refractivity contribution in [2.24, 2.45) is 5.92 Å². The first-order chi connectivity index (χ1) is 12.6. The van der Waals surface area contributed by atoms with E-state index < -0.39 is 0 Å². The molecule has 4 nitrogen and oxygen atoms in total. The zero-order chi connectivity index (χ0) is 18.1. The Morgan fingerprint density at radius 1 is 1.12 bits per heavy atom. The van der Waals surface area contributed by atoms with E-state index in [0.717, 1.165) is 58.0 Å². The van der Waals surface area contributed by atoms with E-state index in [2.05, 4.69) is 53.2 Å². The van der Waals surface area contributed by atoms with Crippen molar-refractivity contribution < 1.29 is 4.79 Å². The maximum atomic E-state index is 12.8. The number of carbonyl (C=O) groups is 1. The first kappa shape index (κ1) is 18.0. The lowest BCUT2D eigenvalue weighted by Gasteiger charge is -2.50. The lowest BCUT2D eigenvalue weighted by atomic mass is 9.82. The molecule has 4 heteroatoms. The van der Waals surface area contributed by atoms with Gasteiger partial charge in [0.2, 0.25) is 5.91 Å². The molecule has 2 aliphatic heterocycles. The molecular formula is C22H33N3O. The number of likely N-dealkylation sites (tertiary alicyclic amines) is 1. The second-order valence-corrected chi connectivity index (χ2v) is 8.85. The van der Waals surface area contributed by atoms with Crippen LogP contribution >= 0.6 is 0 Å². The Morgan fingerprint density at radius 3 is 2.42 bits per heavy atom. The van der Waals surface area contributed by atoms with E-state index in [4.69, 9.17) is 0 Å². The second kappa shape index (κ2) is 7.32. The Morgan fingerprint density at radius 2 is 1.81 bits per heavy atom. The van der Waals surface area contributed by atoms with Crippen LogP contribution in [0.4, 0.5) is 0 Å². The van der Waals surface area contributed by atoms with Crippen molar-refractivity contribution in [3.05, 3.63) is 35.4 Å². The average molecular weight is 356 g/mol. The quantitative estimate of drug-likeness (QED) is 0.882.